The highest BCUT2D eigenvalue weighted by Crippen LogP contribution is 2.41. The molecule has 0 amide bonds. The molecule has 0 aliphatic rings. The smallest absolute Gasteiger partial charge is 0.361 e. The molecule has 0 saturated carbocycles. The van der Waals surface area contributed by atoms with Gasteiger partial charge in [-0.15, -0.1) is 0 Å². The van der Waals surface area contributed by atoms with Gasteiger partial charge < -0.3 is 34.3 Å². The number of pyridine rings is 1. The Morgan fingerprint density at radius 2 is 1.55 bits per heavy atom. The fourth-order valence-corrected chi connectivity index (χ4v) is 6.99. The van der Waals surface area contributed by atoms with Crippen molar-refractivity contribution in [1.82, 2.24) is 19.5 Å². The van der Waals surface area contributed by atoms with Crippen LogP contribution < -0.4 is 20.1 Å². The molecule has 0 aromatic carbocycles. The molecule has 0 spiro atoms. The number of unbranched alkanes of at least 4 members (excludes halogenated alkanes) is 13. The third kappa shape index (κ3) is 14.9. The average Bonchev–Trinajstić information content (AvgIpc) is 3.46. The summed E-state index contributed by atoms with van der Waals surface area (Å²) in [6.45, 7) is 5.84. The molecule has 0 bridgehead atoms. The van der Waals surface area contributed by atoms with Gasteiger partial charge in [0.25, 0.3) is 0 Å². The van der Waals surface area contributed by atoms with Gasteiger partial charge in [0.2, 0.25) is 5.52 Å². The molecule has 3 heterocycles. The average molecular weight is 700 g/mol. The number of nitrogens with two attached hydrogens (primary N) is 1. The summed E-state index contributed by atoms with van der Waals surface area (Å²) in [7, 11) is -0.544. The molecule has 2 unspecified atom stereocenters. The minimum atomic E-state index is -4.50. The van der Waals surface area contributed by atoms with Crippen molar-refractivity contribution >= 4 is 30.4 Å². The van der Waals surface area contributed by atoms with Crippen molar-refractivity contribution in [3.63, 3.8) is 0 Å². The van der Waals surface area contributed by atoms with Crippen LogP contribution in [0, 0.1) is 0 Å². The van der Waals surface area contributed by atoms with Gasteiger partial charge in [0.05, 0.1) is 18.7 Å². The molecule has 274 valence electrons. The van der Waals surface area contributed by atoms with Gasteiger partial charge in [0.15, 0.2) is 5.65 Å². The molecule has 49 heavy (non-hydrogen) atoms. The molecular weight excluding hydrogens is 637 g/mol. The Bertz CT molecular complexity index is 1440. The number of allylic oxidation sites excluding steroid dienone is 2. The summed E-state index contributed by atoms with van der Waals surface area (Å²) in [4.78, 5) is 37.6. The van der Waals surface area contributed by atoms with Crippen molar-refractivity contribution in [1.29, 1.82) is 0 Å². The predicted molar refractivity (Wildman–Crippen MR) is 198 cm³/mol. The normalized spacial score (nSPS) is 14.0. The molecule has 0 aliphatic carbocycles. The van der Waals surface area contributed by atoms with Crippen molar-refractivity contribution < 1.29 is 23.7 Å². The lowest BCUT2D eigenvalue weighted by molar-refractivity contribution is -0.598. The minimum absolute atomic E-state index is 0.134. The molecule has 3 rings (SSSR count). The molecule has 0 fully saturated rings. The molecule has 3 aromatic heterocycles. The van der Waals surface area contributed by atoms with Crippen LogP contribution >= 0.6 is 7.60 Å². The first-order valence-electron chi connectivity index (χ1n) is 18.5. The number of aromatic nitrogens is 5. The Morgan fingerprint density at radius 3 is 2.12 bits per heavy atom. The first kappa shape index (κ1) is 40.6. The van der Waals surface area contributed by atoms with E-state index in [1.807, 2.05) is 65.7 Å². The van der Waals surface area contributed by atoms with Crippen LogP contribution in [0.15, 0.2) is 42.5 Å². The first-order chi connectivity index (χ1) is 23.6. The standard InChI is InChI=1S/C37H62N7O4P/c1-5-6-7-8-9-10-11-12-13-14-15-16-17-18-27-48-28-19-20-33(49(45,46)47)22-21-31(2)29-44-30-39-34-35(40-37(38)41-36(34)44)43-25-23-32(24-26-43)42(3)4/h21,23-26,30,33H,5-20,22,27-29H2,1-4H3,(H3-,38,40,41,45,46,47)/b31-21-. The predicted octanol–water partition coefficient (Wildman–Crippen LogP) is 7.28. The largest absolute Gasteiger partial charge is 0.778 e. The number of fused-ring (bicyclic) bond motifs is 1. The van der Waals surface area contributed by atoms with Crippen LogP contribution in [0.25, 0.3) is 17.0 Å². The zero-order valence-electron chi connectivity index (χ0n) is 30.6. The van der Waals surface area contributed by atoms with E-state index in [9.17, 15) is 14.4 Å². The zero-order valence-corrected chi connectivity index (χ0v) is 31.5. The van der Waals surface area contributed by atoms with E-state index in [1.54, 1.807) is 6.33 Å². The van der Waals surface area contributed by atoms with Gasteiger partial charge in [0.1, 0.15) is 7.60 Å². The maximum absolute atomic E-state index is 12.2. The molecular formula is C37H62N7O4P. The van der Waals surface area contributed by atoms with Crippen molar-refractivity contribution in [3.8, 4) is 5.82 Å². The van der Waals surface area contributed by atoms with Crippen molar-refractivity contribution in [2.75, 3.05) is 37.9 Å². The lowest BCUT2D eigenvalue weighted by atomic mass is 10.0. The fraction of sp³-hybridized carbons (Fsp3) is 0.676. The van der Waals surface area contributed by atoms with Crippen molar-refractivity contribution in [3.05, 3.63) is 42.5 Å². The number of rotatable bonds is 26. The first-order valence-corrected chi connectivity index (χ1v) is 20.2. The molecule has 2 atom stereocenters. The maximum Gasteiger partial charge on any atom is 0.361 e. The lowest BCUT2D eigenvalue weighted by Crippen LogP contribution is -2.32. The van der Waals surface area contributed by atoms with Gasteiger partial charge in [-0.05, 0) is 32.6 Å². The third-order valence-electron chi connectivity index (χ3n) is 9.12. The highest BCUT2D eigenvalue weighted by atomic mass is 31.2. The van der Waals surface area contributed by atoms with E-state index in [2.05, 4.69) is 21.9 Å². The van der Waals surface area contributed by atoms with Crippen LogP contribution in [-0.2, 0) is 15.8 Å². The summed E-state index contributed by atoms with van der Waals surface area (Å²) in [5.74, 6) is 0.710. The summed E-state index contributed by atoms with van der Waals surface area (Å²) in [6, 6.07) is 3.96. The summed E-state index contributed by atoms with van der Waals surface area (Å²) >= 11 is 0. The summed E-state index contributed by atoms with van der Waals surface area (Å²) < 4.78 is 21.7. The Hall–Kier alpha value is -2.85. The number of anilines is 2. The Balaban J connectivity index is 1.35. The second kappa shape index (κ2) is 22.1. The van der Waals surface area contributed by atoms with Crippen LogP contribution in [0.3, 0.4) is 0 Å². The van der Waals surface area contributed by atoms with Gasteiger partial charge in [-0.25, -0.2) is 9.55 Å². The summed E-state index contributed by atoms with van der Waals surface area (Å²) in [5.41, 5.74) is 8.40. The number of hydrogen-bond donors (Lipinski definition) is 2. The maximum atomic E-state index is 12.2. The molecule has 0 saturated heterocycles. The van der Waals surface area contributed by atoms with Gasteiger partial charge in [0, 0.05) is 62.3 Å². The van der Waals surface area contributed by atoms with Crippen LogP contribution in [0.4, 0.5) is 11.6 Å². The van der Waals surface area contributed by atoms with E-state index < -0.39 is 13.3 Å². The van der Waals surface area contributed by atoms with Gasteiger partial charge in [-0.2, -0.15) is 4.98 Å². The van der Waals surface area contributed by atoms with Crippen molar-refractivity contribution in [2.45, 2.75) is 135 Å². The van der Waals surface area contributed by atoms with Gasteiger partial charge in [-0.1, -0.05) is 102 Å². The molecule has 3 N–H and O–H groups in total. The van der Waals surface area contributed by atoms with Gasteiger partial charge in [-0.3, -0.25) is 0 Å². The van der Waals surface area contributed by atoms with Crippen LogP contribution in [0.5, 0.6) is 0 Å². The van der Waals surface area contributed by atoms with E-state index in [0.717, 1.165) is 17.7 Å². The Kier molecular flexibility index (Phi) is 18.3. The third-order valence-corrected chi connectivity index (χ3v) is 10.5. The number of imidazole rings is 1. The SMILES string of the molecule is CCCCCCCCCCCCCCCCOCCCC(C/C=C(/C)Cn1cnc2c(-[n+]3ccc(N(C)C)cc3)nc(N)nc21)P(=O)([O-])O. The van der Waals surface area contributed by atoms with E-state index in [0.29, 0.717) is 49.6 Å². The molecule has 0 radical (unpaired) electrons. The number of nitrogen functional groups attached to an aromatic ring is 1. The molecule has 0 aliphatic heterocycles. The minimum Gasteiger partial charge on any atom is -0.778 e. The second-order valence-corrected chi connectivity index (χ2v) is 15.5. The summed E-state index contributed by atoms with van der Waals surface area (Å²) in [6.07, 6.45) is 27.0. The highest BCUT2D eigenvalue weighted by Gasteiger charge is 2.22. The topological polar surface area (TPSA) is 146 Å². The molecule has 12 heteroatoms. The van der Waals surface area contributed by atoms with Crippen LogP contribution in [0.1, 0.15) is 123 Å². The van der Waals surface area contributed by atoms with Crippen LogP contribution in [-0.4, -0.2) is 57.4 Å². The summed E-state index contributed by atoms with van der Waals surface area (Å²) in [5, 5.41) is 0. The monoisotopic (exact) mass is 699 g/mol. The Labute approximate surface area is 294 Å². The Morgan fingerprint density at radius 1 is 0.980 bits per heavy atom. The molecule has 11 nitrogen and oxygen atoms in total. The fourth-order valence-electron chi connectivity index (χ4n) is 6.11. The van der Waals surface area contributed by atoms with Gasteiger partial charge >= 0.3 is 11.8 Å². The molecule has 3 aromatic rings. The van der Waals surface area contributed by atoms with E-state index in [1.165, 1.54) is 83.5 Å². The lowest BCUT2D eigenvalue weighted by Gasteiger charge is -2.26. The van der Waals surface area contributed by atoms with Crippen LogP contribution in [0.2, 0.25) is 0 Å². The quantitative estimate of drug-likeness (QED) is 0.0382. The van der Waals surface area contributed by atoms with E-state index in [-0.39, 0.29) is 12.4 Å². The van der Waals surface area contributed by atoms with E-state index >= 15 is 0 Å². The number of hydrogen-bond acceptors (Lipinski definition) is 8. The highest BCUT2D eigenvalue weighted by molar-refractivity contribution is 7.51. The van der Waals surface area contributed by atoms with Crippen molar-refractivity contribution in [2.24, 2.45) is 0 Å². The number of ether oxygens (including phenoxy) is 1. The zero-order chi connectivity index (χ0) is 35.5. The second-order valence-electron chi connectivity index (χ2n) is 13.7. The number of nitrogens with zero attached hydrogens (tertiary/aromatic N) is 6. The van der Waals surface area contributed by atoms with E-state index in [4.69, 9.17) is 10.5 Å².